The maximum absolute atomic E-state index is 13.5. The highest BCUT2D eigenvalue weighted by Gasteiger charge is 2.43. The Morgan fingerprint density at radius 1 is 1.10 bits per heavy atom. The first-order valence-electron chi connectivity index (χ1n) is 9.88. The molecule has 0 bridgehead atoms. The normalized spacial score (nSPS) is 18.2. The van der Waals surface area contributed by atoms with Crippen LogP contribution >= 0.6 is 0 Å². The molecule has 2 heterocycles. The number of nitrogens with zero attached hydrogens (tertiary/aromatic N) is 1. The number of rotatable bonds is 7. The second-order valence-electron chi connectivity index (χ2n) is 7.03. The van der Waals surface area contributed by atoms with E-state index in [0.29, 0.717) is 17.9 Å². The van der Waals surface area contributed by atoms with Crippen LogP contribution in [-0.4, -0.2) is 30.6 Å². The molecule has 2 N–H and O–H groups in total. The minimum atomic E-state index is -1.14. The van der Waals surface area contributed by atoms with Crippen LogP contribution in [0.25, 0.3) is 10.9 Å². The number of fused-ring (bicyclic) bond motifs is 1. The molecule has 6 nitrogen and oxygen atoms in total. The van der Waals surface area contributed by atoms with E-state index in [0.717, 1.165) is 22.3 Å². The van der Waals surface area contributed by atoms with E-state index in [2.05, 4.69) is 10.3 Å². The smallest absolute Gasteiger partial charge is 0.195 e. The van der Waals surface area contributed by atoms with Crippen molar-refractivity contribution < 1.29 is 14.3 Å². The number of aromatic amines is 1. The number of allylic oxidation sites excluding steroid dienone is 1. The van der Waals surface area contributed by atoms with Gasteiger partial charge in [0.05, 0.1) is 25.6 Å². The first-order chi connectivity index (χ1) is 14.6. The minimum Gasteiger partial charge on any atom is -0.495 e. The van der Waals surface area contributed by atoms with Gasteiger partial charge in [0.1, 0.15) is 11.5 Å². The molecule has 2 aromatic carbocycles. The van der Waals surface area contributed by atoms with E-state index in [4.69, 9.17) is 9.47 Å². The highest BCUT2D eigenvalue weighted by Crippen LogP contribution is 2.39. The average Bonchev–Trinajstić information content (AvgIpc) is 3.23. The number of anilines is 2. The van der Waals surface area contributed by atoms with Crippen LogP contribution in [0.5, 0.6) is 5.75 Å². The predicted octanol–water partition coefficient (Wildman–Crippen LogP) is 4.83. The first kappa shape index (κ1) is 19.6. The summed E-state index contributed by atoms with van der Waals surface area (Å²) < 4.78 is 11.0. The van der Waals surface area contributed by atoms with Crippen molar-refractivity contribution >= 4 is 28.1 Å². The molecule has 0 spiro atoms. The van der Waals surface area contributed by atoms with Crippen LogP contribution < -0.4 is 15.0 Å². The van der Waals surface area contributed by atoms with Crippen LogP contribution in [0.2, 0.25) is 0 Å². The summed E-state index contributed by atoms with van der Waals surface area (Å²) in [5, 5.41) is 4.47. The molecule has 1 atom stereocenters. The van der Waals surface area contributed by atoms with E-state index in [1.165, 1.54) is 0 Å². The number of H-pyrrole nitrogens is 1. The molecular formula is C24H25N3O3. The summed E-state index contributed by atoms with van der Waals surface area (Å²) in [5.41, 5.74) is 1.44. The number of methoxy groups -OCH3 is 2. The van der Waals surface area contributed by atoms with Crippen LogP contribution in [0, 0.1) is 0 Å². The molecule has 0 saturated heterocycles. The van der Waals surface area contributed by atoms with Gasteiger partial charge in [-0.15, -0.1) is 0 Å². The van der Waals surface area contributed by atoms with E-state index in [9.17, 15) is 4.79 Å². The van der Waals surface area contributed by atoms with E-state index >= 15 is 0 Å². The number of carbonyl (C=O) groups excluding carboxylic acids is 1. The molecule has 6 heteroatoms. The van der Waals surface area contributed by atoms with Crippen molar-refractivity contribution in [2.45, 2.75) is 19.0 Å². The quantitative estimate of drug-likeness (QED) is 0.592. The number of aromatic nitrogens is 1. The SMILES string of the molecule is CCC(=O)C1(Nc2ccccc2OC)C=CC(OC)=CN1c1c[nH]c2ccccc12. The number of hydrogen-bond donors (Lipinski definition) is 2. The number of Topliss-reactive ketones (excluding diaryl/α,β-unsaturated/α-hetero) is 1. The van der Waals surface area contributed by atoms with Crippen molar-refractivity contribution in [1.29, 1.82) is 0 Å². The highest BCUT2D eigenvalue weighted by atomic mass is 16.5. The lowest BCUT2D eigenvalue weighted by Crippen LogP contribution is -2.58. The lowest BCUT2D eigenvalue weighted by Gasteiger charge is -2.43. The van der Waals surface area contributed by atoms with Gasteiger partial charge in [-0.25, -0.2) is 0 Å². The Morgan fingerprint density at radius 3 is 2.63 bits per heavy atom. The number of ketones is 1. The molecular weight excluding hydrogens is 378 g/mol. The van der Waals surface area contributed by atoms with E-state index in [-0.39, 0.29) is 5.78 Å². The van der Waals surface area contributed by atoms with Crippen LogP contribution in [0.1, 0.15) is 13.3 Å². The molecule has 3 aromatic rings. The van der Waals surface area contributed by atoms with Crippen molar-refractivity contribution in [3.63, 3.8) is 0 Å². The molecule has 30 heavy (non-hydrogen) atoms. The van der Waals surface area contributed by atoms with E-state index < -0.39 is 5.66 Å². The van der Waals surface area contributed by atoms with Crippen LogP contribution in [0.15, 0.2) is 78.8 Å². The molecule has 0 aliphatic carbocycles. The number of nitrogens with one attached hydrogen (secondary N) is 2. The van der Waals surface area contributed by atoms with Crippen molar-refractivity contribution in [2.75, 3.05) is 24.4 Å². The van der Waals surface area contributed by atoms with Gasteiger partial charge in [-0.1, -0.05) is 37.3 Å². The third-order valence-corrected chi connectivity index (χ3v) is 5.37. The van der Waals surface area contributed by atoms with Crippen molar-refractivity contribution in [3.8, 4) is 5.75 Å². The Kier molecular flexibility index (Phi) is 5.23. The number of ether oxygens (including phenoxy) is 2. The summed E-state index contributed by atoms with van der Waals surface area (Å²) in [7, 11) is 3.23. The summed E-state index contributed by atoms with van der Waals surface area (Å²) in [6.07, 6.45) is 7.79. The predicted molar refractivity (Wildman–Crippen MR) is 120 cm³/mol. The van der Waals surface area contributed by atoms with Gasteiger partial charge in [-0.3, -0.25) is 4.79 Å². The summed E-state index contributed by atoms with van der Waals surface area (Å²) >= 11 is 0. The Bertz CT molecular complexity index is 1130. The van der Waals surface area contributed by atoms with E-state index in [1.807, 2.05) is 84.9 Å². The van der Waals surface area contributed by atoms with Gasteiger partial charge in [0.25, 0.3) is 0 Å². The average molecular weight is 403 g/mol. The van der Waals surface area contributed by atoms with Gasteiger partial charge in [-0.2, -0.15) is 0 Å². The molecule has 154 valence electrons. The number of para-hydroxylation sites is 3. The maximum Gasteiger partial charge on any atom is 0.195 e. The molecule has 4 rings (SSSR count). The van der Waals surface area contributed by atoms with E-state index in [1.54, 1.807) is 14.2 Å². The first-order valence-corrected chi connectivity index (χ1v) is 9.88. The topological polar surface area (TPSA) is 66.6 Å². The Morgan fingerprint density at radius 2 is 1.87 bits per heavy atom. The van der Waals surface area contributed by atoms with Gasteiger partial charge < -0.3 is 24.7 Å². The standard InChI is InChI=1S/C24H25N3O3/c1-4-23(28)24(26-20-11-7-8-12-22(20)30-3)14-13-17(29-2)16-27(24)21-15-25-19-10-6-5-9-18(19)21/h5-16,25-26H,4H2,1-3H3. The monoisotopic (exact) mass is 403 g/mol. The molecule has 1 aliphatic heterocycles. The molecule has 0 saturated carbocycles. The van der Waals surface area contributed by atoms with Crippen LogP contribution in [0.3, 0.4) is 0 Å². The summed E-state index contributed by atoms with van der Waals surface area (Å²) in [6.45, 7) is 1.87. The van der Waals surface area contributed by atoms with Crippen LogP contribution in [0.4, 0.5) is 11.4 Å². The van der Waals surface area contributed by atoms with Gasteiger partial charge in [-0.05, 0) is 30.4 Å². The number of benzene rings is 2. The van der Waals surface area contributed by atoms with Gasteiger partial charge in [0.2, 0.25) is 0 Å². The molecule has 1 aliphatic rings. The fourth-order valence-electron chi connectivity index (χ4n) is 3.81. The highest BCUT2D eigenvalue weighted by molar-refractivity contribution is 6.02. The van der Waals surface area contributed by atoms with Crippen molar-refractivity contribution in [2.24, 2.45) is 0 Å². The number of carbonyl (C=O) groups is 1. The van der Waals surface area contributed by atoms with Gasteiger partial charge in [0, 0.05) is 29.7 Å². The second-order valence-corrected chi connectivity index (χ2v) is 7.03. The zero-order chi connectivity index (χ0) is 21.1. The molecule has 1 aromatic heterocycles. The summed E-state index contributed by atoms with van der Waals surface area (Å²) in [6, 6.07) is 15.6. The number of hydrogen-bond acceptors (Lipinski definition) is 5. The largest absolute Gasteiger partial charge is 0.495 e. The lowest BCUT2D eigenvalue weighted by molar-refractivity contribution is -0.121. The van der Waals surface area contributed by atoms with Crippen molar-refractivity contribution in [3.05, 3.63) is 78.8 Å². The summed E-state index contributed by atoms with van der Waals surface area (Å²) in [5.74, 6) is 1.33. The molecule has 0 amide bonds. The fraction of sp³-hybridized carbons (Fsp3) is 0.208. The van der Waals surface area contributed by atoms with Gasteiger partial charge >= 0.3 is 0 Å². The lowest BCUT2D eigenvalue weighted by atomic mass is 9.95. The zero-order valence-corrected chi connectivity index (χ0v) is 17.3. The fourth-order valence-corrected chi connectivity index (χ4v) is 3.81. The summed E-state index contributed by atoms with van der Waals surface area (Å²) in [4.78, 5) is 18.7. The van der Waals surface area contributed by atoms with Crippen molar-refractivity contribution in [1.82, 2.24) is 4.98 Å². The molecule has 0 fully saturated rings. The maximum atomic E-state index is 13.5. The molecule has 1 unspecified atom stereocenters. The third-order valence-electron chi connectivity index (χ3n) is 5.37. The second kappa shape index (κ2) is 7.99. The third kappa shape index (κ3) is 3.20. The Labute approximate surface area is 175 Å². The van der Waals surface area contributed by atoms with Crippen LogP contribution in [-0.2, 0) is 9.53 Å². The minimum absolute atomic E-state index is 0.0151. The zero-order valence-electron chi connectivity index (χ0n) is 17.3. The van der Waals surface area contributed by atoms with Gasteiger partial charge in [0.15, 0.2) is 11.4 Å². The Balaban J connectivity index is 1.91. The Hall–Kier alpha value is -3.67. The molecule has 0 radical (unpaired) electrons.